The van der Waals surface area contributed by atoms with Crippen LogP contribution in [-0.4, -0.2) is 36.0 Å². The van der Waals surface area contributed by atoms with Gasteiger partial charge in [0.25, 0.3) is 0 Å². The van der Waals surface area contributed by atoms with Gasteiger partial charge in [0.1, 0.15) is 0 Å². The summed E-state index contributed by atoms with van der Waals surface area (Å²) in [5.74, 6) is -1.66. The minimum absolute atomic E-state index is 0.101. The van der Waals surface area contributed by atoms with Crippen LogP contribution in [-0.2, 0) is 9.59 Å². The minimum Gasteiger partial charge on any atom is -0.478 e. The summed E-state index contributed by atoms with van der Waals surface area (Å²) in [6, 6.07) is 4.82. The third kappa shape index (κ3) is 2.35. The molecule has 1 saturated carbocycles. The van der Waals surface area contributed by atoms with Crippen molar-refractivity contribution in [1.29, 1.82) is 0 Å². The number of amides is 2. The molecule has 0 radical (unpaired) electrons. The summed E-state index contributed by atoms with van der Waals surface area (Å²) in [5.41, 5.74) is 1.34. The molecular weight excluding hydrogens is 344 g/mol. The maximum absolute atomic E-state index is 13.2. The number of nitrogens with zero attached hydrogens (tertiary/aromatic N) is 2. The first kappa shape index (κ1) is 16.5. The van der Waals surface area contributed by atoms with E-state index in [1.165, 1.54) is 17.4 Å². The zero-order chi connectivity index (χ0) is 18.7. The third-order valence-electron chi connectivity index (χ3n) is 6.63. The topological polar surface area (TPSA) is 77.9 Å². The molecule has 1 N–H and O–H groups in total. The number of hydrogen-bond donors (Lipinski definition) is 1. The highest BCUT2D eigenvalue weighted by Gasteiger charge is 2.60. The van der Waals surface area contributed by atoms with E-state index in [9.17, 15) is 19.5 Å². The molecule has 2 bridgehead atoms. The van der Waals surface area contributed by atoms with Gasteiger partial charge in [-0.15, -0.1) is 0 Å². The second kappa shape index (κ2) is 5.94. The molecule has 5 rings (SSSR count). The molecule has 2 saturated heterocycles. The Labute approximate surface area is 157 Å². The summed E-state index contributed by atoms with van der Waals surface area (Å²) < 4.78 is 0. The second-order valence-electron chi connectivity index (χ2n) is 8.07. The van der Waals surface area contributed by atoms with Crippen LogP contribution in [0.1, 0.15) is 36.0 Å². The maximum atomic E-state index is 13.2. The standard InChI is InChI=1S/C21H22N2O4/c24-19-17-12-4-5-13(10-12)18(17)20(25)23(19)16-11-14(21(26)27)6-7-15(16)22-8-2-1-3-9-22/h4-7,11-13,17-18H,1-3,8-10H2,(H,26,27)/t12-,13-,17-,18-/m0/s1. The van der Waals surface area contributed by atoms with E-state index in [-0.39, 0.29) is 41.0 Å². The molecule has 3 fully saturated rings. The number of carboxylic acid groups (broad SMARTS) is 1. The molecule has 6 heteroatoms. The molecule has 1 aromatic carbocycles. The Morgan fingerprint density at radius 2 is 1.56 bits per heavy atom. The van der Waals surface area contributed by atoms with E-state index in [1.807, 2.05) is 0 Å². The normalized spacial score (nSPS) is 31.7. The van der Waals surface area contributed by atoms with Crippen molar-refractivity contribution in [3.63, 3.8) is 0 Å². The van der Waals surface area contributed by atoms with Gasteiger partial charge in [-0.3, -0.25) is 9.59 Å². The quantitative estimate of drug-likeness (QED) is 0.657. The minimum atomic E-state index is -1.05. The van der Waals surface area contributed by atoms with Crippen LogP contribution >= 0.6 is 0 Å². The van der Waals surface area contributed by atoms with Crippen LogP contribution in [0.5, 0.6) is 0 Å². The third-order valence-corrected chi connectivity index (χ3v) is 6.63. The van der Waals surface area contributed by atoms with Gasteiger partial charge in [-0.05, 0) is 55.7 Å². The van der Waals surface area contributed by atoms with Crippen LogP contribution in [0.15, 0.2) is 30.4 Å². The van der Waals surface area contributed by atoms with Crippen LogP contribution in [0.2, 0.25) is 0 Å². The van der Waals surface area contributed by atoms with Crippen molar-refractivity contribution in [2.45, 2.75) is 25.7 Å². The molecule has 0 spiro atoms. The van der Waals surface area contributed by atoms with E-state index >= 15 is 0 Å². The average molecular weight is 366 g/mol. The van der Waals surface area contributed by atoms with Gasteiger partial charge in [0.15, 0.2) is 0 Å². The predicted octanol–water partition coefficient (Wildman–Crippen LogP) is 2.69. The largest absolute Gasteiger partial charge is 0.478 e. The number of anilines is 2. The Balaban J connectivity index is 1.59. The molecule has 27 heavy (non-hydrogen) atoms. The summed E-state index contributed by atoms with van der Waals surface area (Å²) >= 11 is 0. The van der Waals surface area contributed by atoms with E-state index in [4.69, 9.17) is 0 Å². The lowest BCUT2D eigenvalue weighted by Gasteiger charge is -2.32. The Morgan fingerprint density at radius 1 is 0.926 bits per heavy atom. The van der Waals surface area contributed by atoms with Gasteiger partial charge >= 0.3 is 5.97 Å². The highest BCUT2D eigenvalue weighted by atomic mass is 16.4. The fraction of sp³-hybridized carbons (Fsp3) is 0.476. The molecule has 2 aliphatic heterocycles. The number of piperidine rings is 1. The number of carbonyl (C=O) groups is 3. The van der Waals surface area contributed by atoms with E-state index in [1.54, 1.807) is 12.1 Å². The number of imide groups is 1. The number of benzene rings is 1. The zero-order valence-corrected chi connectivity index (χ0v) is 15.0. The van der Waals surface area contributed by atoms with Gasteiger partial charge in [0.05, 0.1) is 28.8 Å². The van der Waals surface area contributed by atoms with E-state index in [0.29, 0.717) is 5.69 Å². The molecule has 0 aromatic heterocycles. The fourth-order valence-electron chi connectivity index (χ4n) is 5.38. The zero-order valence-electron chi connectivity index (χ0n) is 15.0. The van der Waals surface area contributed by atoms with Crippen molar-refractivity contribution in [2.24, 2.45) is 23.7 Å². The van der Waals surface area contributed by atoms with Gasteiger partial charge in [0.2, 0.25) is 11.8 Å². The molecule has 140 valence electrons. The van der Waals surface area contributed by atoms with Gasteiger partial charge < -0.3 is 10.0 Å². The summed E-state index contributed by atoms with van der Waals surface area (Å²) in [5, 5.41) is 9.43. The van der Waals surface area contributed by atoms with Crippen molar-refractivity contribution in [3.05, 3.63) is 35.9 Å². The number of carboxylic acids is 1. The molecule has 4 aliphatic rings. The molecule has 4 atom stereocenters. The first-order valence-corrected chi connectivity index (χ1v) is 9.74. The Hall–Kier alpha value is -2.63. The summed E-state index contributed by atoms with van der Waals surface area (Å²) in [6.07, 6.45) is 8.30. The second-order valence-corrected chi connectivity index (χ2v) is 8.07. The monoisotopic (exact) mass is 366 g/mol. The molecule has 2 aliphatic carbocycles. The molecular formula is C21H22N2O4. The molecule has 2 amide bonds. The number of carbonyl (C=O) groups excluding carboxylic acids is 2. The van der Waals surface area contributed by atoms with Crippen LogP contribution in [0, 0.1) is 23.7 Å². The first-order chi connectivity index (χ1) is 13.1. The smallest absolute Gasteiger partial charge is 0.335 e. The highest BCUT2D eigenvalue weighted by Crippen LogP contribution is 2.54. The van der Waals surface area contributed by atoms with Gasteiger partial charge in [-0.2, -0.15) is 0 Å². The molecule has 0 unspecified atom stereocenters. The Kier molecular flexibility index (Phi) is 3.64. The van der Waals surface area contributed by atoms with Crippen LogP contribution < -0.4 is 9.80 Å². The van der Waals surface area contributed by atoms with Crippen molar-refractivity contribution < 1.29 is 19.5 Å². The maximum Gasteiger partial charge on any atom is 0.335 e. The highest BCUT2D eigenvalue weighted by molar-refractivity contribution is 6.24. The molecule has 2 heterocycles. The van der Waals surface area contributed by atoms with Crippen molar-refractivity contribution in [1.82, 2.24) is 0 Å². The van der Waals surface area contributed by atoms with Crippen LogP contribution in [0.4, 0.5) is 11.4 Å². The first-order valence-electron chi connectivity index (χ1n) is 9.74. The predicted molar refractivity (Wildman–Crippen MR) is 99.7 cm³/mol. The number of allylic oxidation sites excluding steroid dienone is 2. The summed E-state index contributed by atoms with van der Waals surface area (Å²) in [6.45, 7) is 1.71. The molecule has 6 nitrogen and oxygen atoms in total. The van der Waals surface area contributed by atoms with Gasteiger partial charge in [0, 0.05) is 13.1 Å². The van der Waals surface area contributed by atoms with E-state index < -0.39 is 5.97 Å². The van der Waals surface area contributed by atoms with Crippen molar-refractivity contribution in [2.75, 3.05) is 22.9 Å². The number of aromatic carboxylic acids is 1. The Morgan fingerprint density at radius 3 is 2.15 bits per heavy atom. The average Bonchev–Trinajstić information content (AvgIpc) is 3.36. The van der Waals surface area contributed by atoms with Crippen molar-refractivity contribution in [3.8, 4) is 0 Å². The lowest BCUT2D eigenvalue weighted by Crippen LogP contribution is -2.36. The van der Waals surface area contributed by atoms with E-state index in [0.717, 1.165) is 38.0 Å². The number of hydrogen-bond acceptors (Lipinski definition) is 4. The van der Waals surface area contributed by atoms with Crippen LogP contribution in [0.25, 0.3) is 0 Å². The van der Waals surface area contributed by atoms with Gasteiger partial charge in [-0.25, -0.2) is 9.69 Å². The summed E-state index contributed by atoms with van der Waals surface area (Å²) in [7, 11) is 0. The fourth-order valence-corrected chi connectivity index (χ4v) is 5.38. The van der Waals surface area contributed by atoms with Crippen molar-refractivity contribution >= 4 is 29.2 Å². The number of rotatable bonds is 3. The number of fused-ring (bicyclic) bond motifs is 5. The van der Waals surface area contributed by atoms with Gasteiger partial charge in [-0.1, -0.05) is 12.2 Å². The summed E-state index contributed by atoms with van der Waals surface area (Å²) in [4.78, 5) is 41.4. The Bertz CT molecular complexity index is 841. The SMILES string of the molecule is O=C(O)c1ccc(N2CCCCC2)c(N2C(=O)[C@@H]3[C@@H](C2=O)[C@H]2C=C[C@H]3C2)c1. The molecule has 1 aromatic rings. The van der Waals surface area contributed by atoms with Crippen LogP contribution in [0.3, 0.4) is 0 Å². The van der Waals surface area contributed by atoms with E-state index in [2.05, 4.69) is 17.1 Å². The lowest BCUT2D eigenvalue weighted by atomic mass is 9.85. The lowest BCUT2D eigenvalue weighted by molar-refractivity contribution is -0.123.